The van der Waals surface area contributed by atoms with E-state index in [-0.39, 0.29) is 11.3 Å². The Morgan fingerprint density at radius 2 is 1.73 bits per heavy atom. The maximum absolute atomic E-state index is 13.1. The molecule has 0 aliphatic rings. The van der Waals surface area contributed by atoms with Crippen LogP contribution in [0.1, 0.15) is 15.9 Å². The summed E-state index contributed by atoms with van der Waals surface area (Å²) in [4.78, 5) is 30.1. The van der Waals surface area contributed by atoms with Gasteiger partial charge in [0.2, 0.25) is 11.2 Å². The van der Waals surface area contributed by atoms with Gasteiger partial charge in [-0.05, 0) is 36.4 Å². The summed E-state index contributed by atoms with van der Waals surface area (Å²) in [6.45, 7) is 0. The van der Waals surface area contributed by atoms with Crippen LogP contribution >= 0.6 is 11.6 Å². The number of nitrogens with zero attached hydrogens (tertiary/aromatic N) is 1. The van der Waals surface area contributed by atoms with Crippen LogP contribution in [0.2, 0.25) is 5.02 Å². The van der Waals surface area contributed by atoms with Crippen molar-refractivity contribution in [1.29, 1.82) is 0 Å². The fraction of sp³-hybridized carbons (Fsp3) is 0. The van der Waals surface area contributed by atoms with Crippen LogP contribution in [0.5, 0.6) is 0 Å². The summed E-state index contributed by atoms with van der Waals surface area (Å²) in [5.41, 5.74) is 0.753. The first kappa shape index (κ1) is 16.2. The van der Waals surface area contributed by atoms with Gasteiger partial charge in [-0.2, -0.15) is 0 Å². The van der Waals surface area contributed by atoms with E-state index < -0.39 is 11.2 Å². The summed E-state index contributed by atoms with van der Waals surface area (Å²) in [5.74, 6) is -0.291. The Labute approximate surface area is 153 Å². The van der Waals surface area contributed by atoms with Crippen molar-refractivity contribution < 1.29 is 9.21 Å². The Balaban J connectivity index is 2.09. The van der Waals surface area contributed by atoms with Crippen molar-refractivity contribution in [2.24, 2.45) is 0 Å². The van der Waals surface area contributed by atoms with Gasteiger partial charge in [0.25, 0.3) is 0 Å². The Morgan fingerprint density at radius 3 is 2.50 bits per heavy atom. The molecule has 0 saturated carbocycles. The molecule has 0 fully saturated rings. The maximum Gasteiger partial charge on any atom is 0.204 e. The van der Waals surface area contributed by atoms with Crippen molar-refractivity contribution in [2.45, 2.75) is 0 Å². The summed E-state index contributed by atoms with van der Waals surface area (Å²) in [6.07, 6.45) is 2.99. The van der Waals surface area contributed by atoms with E-state index in [9.17, 15) is 9.59 Å². The summed E-state index contributed by atoms with van der Waals surface area (Å²) < 4.78 is 5.96. The minimum Gasteiger partial charge on any atom is -0.455 e. The Kier molecular flexibility index (Phi) is 4.11. The van der Waals surface area contributed by atoms with Gasteiger partial charge >= 0.3 is 0 Å². The molecule has 4 nitrogen and oxygen atoms in total. The molecule has 2 aromatic heterocycles. The molecule has 0 saturated heterocycles. The molecular formula is C21H12ClNO3. The topological polar surface area (TPSA) is 60.2 Å². The quantitative estimate of drug-likeness (QED) is 0.494. The standard InChI is InChI=1S/C21H12ClNO3/c22-16-9-3-1-7-14(16)21-18(19(24)13-6-5-11-23-12-13)20(25)15-8-2-4-10-17(15)26-21/h1-12H. The lowest BCUT2D eigenvalue weighted by Crippen LogP contribution is -2.18. The van der Waals surface area contributed by atoms with Crippen molar-refractivity contribution in [3.8, 4) is 11.3 Å². The normalized spacial score (nSPS) is 10.8. The summed E-state index contributed by atoms with van der Waals surface area (Å²) in [7, 11) is 0. The number of ketones is 1. The molecule has 0 aliphatic heterocycles. The predicted molar refractivity (Wildman–Crippen MR) is 101 cm³/mol. The minimum absolute atomic E-state index is 0.0511. The van der Waals surface area contributed by atoms with Crippen LogP contribution in [0.25, 0.3) is 22.3 Å². The molecule has 4 aromatic rings. The second-order valence-electron chi connectivity index (χ2n) is 5.68. The van der Waals surface area contributed by atoms with Crippen LogP contribution in [0, 0.1) is 0 Å². The van der Waals surface area contributed by atoms with Crippen molar-refractivity contribution >= 4 is 28.4 Å². The third-order valence-corrected chi connectivity index (χ3v) is 4.40. The highest BCUT2D eigenvalue weighted by atomic mass is 35.5. The number of benzene rings is 2. The average Bonchev–Trinajstić information content (AvgIpc) is 2.68. The first-order valence-electron chi connectivity index (χ1n) is 7.92. The van der Waals surface area contributed by atoms with E-state index in [0.717, 1.165) is 0 Å². The summed E-state index contributed by atoms with van der Waals surface area (Å²) >= 11 is 6.30. The third-order valence-electron chi connectivity index (χ3n) is 4.07. The number of aromatic nitrogens is 1. The fourth-order valence-corrected chi connectivity index (χ4v) is 3.05. The molecule has 26 heavy (non-hydrogen) atoms. The second kappa shape index (κ2) is 6.58. The van der Waals surface area contributed by atoms with Crippen LogP contribution in [0.15, 0.2) is 82.3 Å². The van der Waals surface area contributed by atoms with Gasteiger partial charge in [-0.15, -0.1) is 0 Å². The predicted octanol–water partition coefficient (Wildman–Crippen LogP) is 4.74. The number of fused-ring (bicyclic) bond motifs is 1. The van der Waals surface area contributed by atoms with Crippen LogP contribution < -0.4 is 5.43 Å². The van der Waals surface area contributed by atoms with Gasteiger partial charge in [0.15, 0.2) is 5.76 Å². The van der Waals surface area contributed by atoms with Gasteiger partial charge in [0.05, 0.1) is 10.4 Å². The fourth-order valence-electron chi connectivity index (χ4n) is 2.82. The van der Waals surface area contributed by atoms with Crippen LogP contribution in [-0.4, -0.2) is 10.8 Å². The number of rotatable bonds is 3. The van der Waals surface area contributed by atoms with E-state index in [4.69, 9.17) is 16.0 Å². The molecule has 5 heteroatoms. The molecule has 4 rings (SSSR count). The van der Waals surface area contributed by atoms with E-state index in [2.05, 4.69) is 4.98 Å². The molecule has 0 atom stereocenters. The zero-order chi connectivity index (χ0) is 18.1. The first-order valence-corrected chi connectivity index (χ1v) is 8.30. The number of halogens is 1. The first-order chi connectivity index (χ1) is 12.7. The third kappa shape index (κ3) is 2.70. The van der Waals surface area contributed by atoms with Crippen molar-refractivity contribution in [1.82, 2.24) is 4.98 Å². The van der Waals surface area contributed by atoms with Gasteiger partial charge in [-0.25, -0.2) is 0 Å². The van der Waals surface area contributed by atoms with E-state index in [1.807, 2.05) is 0 Å². The molecule has 2 aromatic carbocycles. The molecular weight excluding hydrogens is 350 g/mol. The smallest absolute Gasteiger partial charge is 0.204 e. The molecule has 126 valence electrons. The Bertz CT molecular complexity index is 1180. The highest BCUT2D eigenvalue weighted by Gasteiger charge is 2.24. The van der Waals surface area contributed by atoms with E-state index >= 15 is 0 Å². The zero-order valence-electron chi connectivity index (χ0n) is 13.5. The number of hydrogen-bond donors (Lipinski definition) is 0. The van der Waals surface area contributed by atoms with E-state index in [0.29, 0.717) is 27.1 Å². The van der Waals surface area contributed by atoms with E-state index in [1.54, 1.807) is 66.9 Å². The average molecular weight is 362 g/mol. The van der Waals surface area contributed by atoms with Gasteiger partial charge in [-0.3, -0.25) is 14.6 Å². The summed E-state index contributed by atoms with van der Waals surface area (Å²) in [6, 6.07) is 17.0. The van der Waals surface area contributed by atoms with Crippen LogP contribution in [0.4, 0.5) is 0 Å². The van der Waals surface area contributed by atoms with Gasteiger partial charge in [0, 0.05) is 23.5 Å². The Morgan fingerprint density at radius 1 is 0.962 bits per heavy atom. The minimum atomic E-state index is -0.451. The molecule has 0 spiro atoms. The van der Waals surface area contributed by atoms with Crippen molar-refractivity contribution in [2.75, 3.05) is 0 Å². The van der Waals surface area contributed by atoms with Crippen molar-refractivity contribution in [3.63, 3.8) is 0 Å². The van der Waals surface area contributed by atoms with Crippen LogP contribution in [0.3, 0.4) is 0 Å². The lowest BCUT2D eigenvalue weighted by Gasteiger charge is -2.10. The lowest BCUT2D eigenvalue weighted by atomic mass is 9.98. The molecule has 0 N–H and O–H groups in total. The number of hydrogen-bond acceptors (Lipinski definition) is 4. The molecule has 0 amide bonds. The molecule has 0 unspecified atom stereocenters. The molecule has 2 heterocycles. The largest absolute Gasteiger partial charge is 0.455 e. The maximum atomic E-state index is 13.1. The zero-order valence-corrected chi connectivity index (χ0v) is 14.2. The molecule has 0 aliphatic carbocycles. The monoisotopic (exact) mass is 361 g/mol. The van der Waals surface area contributed by atoms with Crippen LogP contribution in [-0.2, 0) is 0 Å². The lowest BCUT2D eigenvalue weighted by molar-refractivity contribution is 0.103. The van der Waals surface area contributed by atoms with Gasteiger partial charge in [0.1, 0.15) is 11.1 Å². The molecule has 0 bridgehead atoms. The number of carbonyl (C=O) groups is 1. The van der Waals surface area contributed by atoms with Gasteiger partial charge < -0.3 is 4.42 Å². The number of pyridine rings is 1. The SMILES string of the molecule is O=C(c1cccnc1)c1c(-c2ccccc2Cl)oc2ccccc2c1=O. The highest BCUT2D eigenvalue weighted by Crippen LogP contribution is 2.32. The summed E-state index contributed by atoms with van der Waals surface area (Å²) in [5, 5.41) is 0.738. The number of carbonyl (C=O) groups excluding carboxylic acids is 1. The second-order valence-corrected chi connectivity index (χ2v) is 6.09. The van der Waals surface area contributed by atoms with E-state index in [1.165, 1.54) is 6.20 Å². The van der Waals surface area contributed by atoms with Gasteiger partial charge in [-0.1, -0.05) is 35.9 Å². The Hall–Kier alpha value is -3.24. The highest BCUT2D eigenvalue weighted by molar-refractivity contribution is 6.33. The van der Waals surface area contributed by atoms with Crippen molar-refractivity contribution in [3.05, 3.63) is 99.4 Å². The number of para-hydroxylation sites is 1. The molecule has 0 radical (unpaired) electrons.